The Balaban J connectivity index is 3.22. The molecule has 0 unspecified atom stereocenters. The molecule has 6 heavy (non-hydrogen) atoms. The molecular formula is C4H6I2. The van der Waals surface area contributed by atoms with Gasteiger partial charge in [0.2, 0.25) is 0 Å². The Morgan fingerprint density at radius 3 is 2.33 bits per heavy atom. The molecule has 0 fully saturated rings. The summed E-state index contributed by atoms with van der Waals surface area (Å²) in [5.41, 5.74) is 0. The first-order valence-electron chi connectivity index (χ1n) is 1.76. The summed E-state index contributed by atoms with van der Waals surface area (Å²) in [7, 11) is 0. The molecule has 0 nitrogen and oxygen atoms in total. The van der Waals surface area contributed by atoms with Crippen molar-refractivity contribution in [3.05, 3.63) is 7.66 Å². The van der Waals surface area contributed by atoms with Crippen LogP contribution in [-0.2, 0) is 0 Å². The SMILES string of the molecule is CC/C(I)=C/I. The second kappa shape index (κ2) is 4.36. The van der Waals surface area contributed by atoms with Gasteiger partial charge in [-0.25, -0.2) is 0 Å². The summed E-state index contributed by atoms with van der Waals surface area (Å²) in [5.74, 6) is 0. The zero-order valence-electron chi connectivity index (χ0n) is 3.54. The van der Waals surface area contributed by atoms with Gasteiger partial charge in [0.05, 0.1) is 0 Å². The Morgan fingerprint density at radius 2 is 2.33 bits per heavy atom. The van der Waals surface area contributed by atoms with E-state index in [1.165, 1.54) is 10.0 Å². The Morgan fingerprint density at radius 1 is 1.83 bits per heavy atom. The van der Waals surface area contributed by atoms with Gasteiger partial charge in [-0.2, -0.15) is 0 Å². The van der Waals surface area contributed by atoms with Crippen molar-refractivity contribution >= 4 is 45.2 Å². The van der Waals surface area contributed by atoms with E-state index in [4.69, 9.17) is 0 Å². The molecule has 0 spiro atoms. The maximum absolute atomic E-state index is 2.32. The topological polar surface area (TPSA) is 0 Å². The molecule has 0 amide bonds. The van der Waals surface area contributed by atoms with Crippen LogP contribution in [0.2, 0.25) is 0 Å². The molecular weight excluding hydrogens is 302 g/mol. The van der Waals surface area contributed by atoms with E-state index < -0.39 is 0 Å². The molecule has 0 rings (SSSR count). The fraction of sp³-hybridized carbons (Fsp3) is 0.500. The standard InChI is InChI=1S/C4H6I2/c1-2-4(6)3-5/h3H,2H2,1H3/b4-3-. The lowest BCUT2D eigenvalue weighted by Crippen LogP contribution is -1.55. The van der Waals surface area contributed by atoms with Crippen LogP contribution in [0, 0.1) is 0 Å². The van der Waals surface area contributed by atoms with Gasteiger partial charge >= 0.3 is 0 Å². The van der Waals surface area contributed by atoms with Crippen LogP contribution in [-0.4, -0.2) is 0 Å². The molecule has 0 aliphatic rings. The van der Waals surface area contributed by atoms with E-state index in [9.17, 15) is 0 Å². The minimum atomic E-state index is 1.17. The number of hydrogen-bond acceptors (Lipinski definition) is 0. The van der Waals surface area contributed by atoms with E-state index in [-0.39, 0.29) is 0 Å². The van der Waals surface area contributed by atoms with Crippen molar-refractivity contribution in [1.29, 1.82) is 0 Å². The lowest BCUT2D eigenvalue weighted by molar-refractivity contribution is 1.22. The molecule has 2 heteroatoms. The third kappa shape index (κ3) is 3.39. The molecule has 0 aromatic carbocycles. The lowest BCUT2D eigenvalue weighted by Gasteiger charge is -1.81. The van der Waals surface area contributed by atoms with Crippen LogP contribution in [0.4, 0.5) is 0 Å². The smallest absolute Gasteiger partial charge is 0.00362 e. The van der Waals surface area contributed by atoms with Crippen molar-refractivity contribution in [3.63, 3.8) is 0 Å². The summed E-state index contributed by atoms with van der Waals surface area (Å²) < 4.78 is 3.52. The maximum atomic E-state index is 2.32. The van der Waals surface area contributed by atoms with Gasteiger partial charge in [0, 0.05) is 0 Å². The highest BCUT2D eigenvalue weighted by Gasteiger charge is 1.77. The molecule has 0 bridgehead atoms. The van der Waals surface area contributed by atoms with Crippen LogP contribution in [0.5, 0.6) is 0 Å². The third-order valence-corrected chi connectivity index (χ3v) is 3.47. The number of hydrogen-bond donors (Lipinski definition) is 0. The average molecular weight is 308 g/mol. The van der Waals surface area contributed by atoms with Crippen LogP contribution in [0.25, 0.3) is 0 Å². The Labute approximate surface area is 65.7 Å². The predicted octanol–water partition coefficient (Wildman–Crippen LogP) is 3.11. The molecule has 0 atom stereocenters. The van der Waals surface area contributed by atoms with Crippen molar-refractivity contribution in [2.45, 2.75) is 13.3 Å². The monoisotopic (exact) mass is 308 g/mol. The van der Waals surface area contributed by atoms with Crippen molar-refractivity contribution in [3.8, 4) is 0 Å². The van der Waals surface area contributed by atoms with Crippen LogP contribution in [0.1, 0.15) is 13.3 Å². The molecule has 0 radical (unpaired) electrons. The van der Waals surface area contributed by atoms with Gasteiger partial charge in [-0.3, -0.25) is 0 Å². The fourth-order valence-electron chi connectivity index (χ4n) is 0.0772. The van der Waals surface area contributed by atoms with Crippen molar-refractivity contribution in [2.75, 3.05) is 0 Å². The summed E-state index contributed by atoms with van der Waals surface area (Å²) in [5, 5.41) is 0. The Kier molecular flexibility index (Phi) is 5.23. The molecule has 0 N–H and O–H groups in total. The molecule has 0 aliphatic carbocycles. The van der Waals surface area contributed by atoms with E-state index in [1.54, 1.807) is 0 Å². The van der Waals surface area contributed by atoms with E-state index in [0.717, 1.165) is 0 Å². The van der Waals surface area contributed by atoms with Gasteiger partial charge in [0.15, 0.2) is 0 Å². The largest absolute Gasteiger partial charge is 0.0608 e. The summed E-state index contributed by atoms with van der Waals surface area (Å²) in [4.78, 5) is 0. The molecule has 0 aromatic rings. The summed E-state index contributed by atoms with van der Waals surface area (Å²) in [6.45, 7) is 2.15. The van der Waals surface area contributed by atoms with Crippen LogP contribution in [0.15, 0.2) is 7.66 Å². The average Bonchev–Trinajstić information content (AvgIpc) is 1.65. The van der Waals surface area contributed by atoms with Gasteiger partial charge < -0.3 is 0 Å². The third-order valence-electron chi connectivity index (χ3n) is 0.456. The van der Waals surface area contributed by atoms with Gasteiger partial charge in [0.1, 0.15) is 0 Å². The van der Waals surface area contributed by atoms with Crippen molar-refractivity contribution in [1.82, 2.24) is 0 Å². The van der Waals surface area contributed by atoms with E-state index in [1.807, 2.05) is 0 Å². The van der Waals surface area contributed by atoms with Crippen molar-refractivity contribution in [2.24, 2.45) is 0 Å². The minimum Gasteiger partial charge on any atom is -0.0608 e. The Hall–Kier alpha value is 1.20. The van der Waals surface area contributed by atoms with Gasteiger partial charge in [0.25, 0.3) is 0 Å². The highest BCUT2D eigenvalue weighted by atomic mass is 127. The summed E-state index contributed by atoms with van der Waals surface area (Å²) in [6.07, 6.45) is 1.17. The zero-order chi connectivity index (χ0) is 4.99. The van der Waals surface area contributed by atoms with Crippen LogP contribution >= 0.6 is 45.2 Å². The predicted molar refractivity (Wildman–Crippen MR) is 46.4 cm³/mol. The minimum absolute atomic E-state index is 1.17. The number of halogens is 2. The zero-order valence-corrected chi connectivity index (χ0v) is 7.86. The maximum Gasteiger partial charge on any atom is -0.00362 e. The molecule has 0 heterocycles. The molecule has 0 aromatic heterocycles. The van der Waals surface area contributed by atoms with E-state index in [2.05, 4.69) is 56.2 Å². The molecule has 36 valence electrons. The van der Waals surface area contributed by atoms with Crippen molar-refractivity contribution < 1.29 is 0 Å². The first-order valence-corrected chi connectivity index (χ1v) is 4.08. The quantitative estimate of drug-likeness (QED) is 0.653. The van der Waals surface area contributed by atoms with Crippen LogP contribution in [0.3, 0.4) is 0 Å². The van der Waals surface area contributed by atoms with Gasteiger partial charge in [-0.15, -0.1) is 0 Å². The van der Waals surface area contributed by atoms with E-state index >= 15 is 0 Å². The first kappa shape index (κ1) is 7.20. The molecule has 0 saturated carbocycles. The number of allylic oxidation sites excluding steroid dienone is 1. The summed E-state index contributed by atoms with van der Waals surface area (Å²) >= 11 is 4.57. The lowest BCUT2D eigenvalue weighted by atomic mass is 10.5. The summed E-state index contributed by atoms with van der Waals surface area (Å²) in [6, 6.07) is 0. The molecule has 0 saturated heterocycles. The van der Waals surface area contributed by atoms with E-state index in [0.29, 0.717) is 0 Å². The second-order valence-electron chi connectivity index (χ2n) is 0.910. The van der Waals surface area contributed by atoms with Gasteiger partial charge in [-0.05, 0) is 36.7 Å². The highest BCUT2D eigenvalue weighted by molar-refractivity contribution is 14.1. The Bertz CT molecular complexity index is 56.6. The van der Waals surface area contributed by atoms with Gasteiger partial charge in [-0.1, -0.05) is 29.5 Å². The molecule has 0 aliphatic heterocycles. The number of rotatable bonds is 1. The normalized spacial score (nSPS) is 12.2. The van der Waals surface area contributed by atoms with Crippen LogP contribution < -0.4 is 0 Å². The first-order chi connectivity index (χ1) is 2.81. The fourth-order valence-corrected chi connectivity index (χ4v) is 0.518. The second-order valence-corrected chi connectivity index (χ2v) is 2.92. The highest BCUT2D eigenvalue weighted by Crippen LogP contribution is 2.11.